The molecule has 1 aromatic carbocycles. The zero-order valence-corrected chi connectivity index (χ0v) is 18.1. The van der Waals surface area contributed by atoms with Crippen LogP contribution >= 0.6 is 0 Å². The highest BCUT2D eigenvalue weighted by atomic mass is 32.2. The van der Waals surface area contributed by atoms with Gasteiger partial charge in [-0.2, -0.15) is 0 Å². The third-order valence-electron chi connectivity index (χ3n) is 4.91. The lowest BCUT2D eigenvalue weighted by Crippen LogP contribution is -2.18. The van der Waals surface area contributed by atoms with Crippen LogP contribution in [0.25, 0.3) is 0 Å². The summed E-state index contributed by atoms with van der Waals surface area (Å²) in [5.41, 5.74) is 2.42. The standard InChI is InChI=1S/C21H30N2O4S/c1-6-7-8-19(24)22-21-20(16(3)17(4)23(21)13-14-27-5)28(25,26)18-11-9-15(2)10-12-18/h9-12H,6-8,13-14H2,1-5H3,(H,22,24). The molecule has 0 aliphatic carbocycles. The van der Waals surface area contributed by atoms with E-state index in [2.05, 4.69) is 5.32 Å². The normalized spacial score (nSPS) is 11.6. The van der Waals surface area contributed by atoms with Crippen LogP contribution < -0.4 is 5.32 Å². The Kier molecular flexibility index (Phi) is 7.43. The van der Waals surface area contributed by atoms with E-state index >= 15 is 0 Å². The van der Waals surface area contributed by atoms with E-state index in [1.165, 1.54) is 0 Å². The number of nitrogens with one attached hydrogen (secondary N) is 1. The molecule has 0 aliphatic heterocycles. The van der Waals surface area contributed by atoms with Gasteiger partial charge in [0.2, 0.25) is 15.7 Å². The molecule has 0 radical (unpaired) electrons. The molecule has 28 heavy (non-hydrogen) atoms. The molecule has 154 valence electrons. The molecule has 0 unspecified atom stereocenters. The number of benzene rings is 1. The molecule has 0 spiro atoms. The molecule has 1 aromatic heterocycles. The number of ether oxygens (including phenoxy) is 1. The summed E-state index contributed by atoms with van der Waals surface area (Å²) in [7, 11) is -2.19. The van der Waals surface area contributed by atoms with Gasteiger partial charge >= 0.3 is 0 Å². The molecular formula is C21H30N2O4S. The van der Waals surface area contributed by atoms with E-state index in [0.29, 0.717) is 31.0 Å². The van der Waals surface area contributed by atoms with Crippen molar-refractivity contribution in [2.24, 2.45) is 0 Å². The lowest BCUT2D eigenvalue weighted by atomic mass is 10.2. The number of aromatic nitrogens is 1. The topological polar surface area (TPSA) is 77.4 Å². The predicted molar refractivity (Wildman–Crippen MR) is 111 cm³/mol. The number of aryl methyl sites for hydroxylation is 1. The molecule has 2 rings (SSSR count). The van der Waals surface area contributed by atoms with Crippen molar-refractivity contribution in [2.45, 2.75) is 63.3 Å². The molecule has 1 amide bonds. The zero-order chi connectivity index (χ0) is 20.9. The Morgan fingerprint density at radius 2 is 1.79 bits per heavy atom. The van der Waals surface area contributed by atoms with Crippen molar-refractivity contribution in [2.75, 3.05) is 19.0 Å². The van der Waals surface area contributed by atoms with Crippen LogP contribution in [0.2, 0.25) is 0 Å². The van der Waals surface area contributed by atoms with E-state index in [9.17, 15) is 13.2 Å². The predicted octanol–water partition coefficient (Wildman–Crippen LogP) is 4.02. The fourth-order valence-corrected chi connectivity index (χ4v) is 4.81. The van der Waals surface area contributed by atoms with Gasteiger partial charge < -0.3 is 14.6 Å². The summed E-state index contributed by atoms with van der Waals surface area (Å²) < 4.78 is 33.8. The van der Waals surface area contributed by atoms with Crippen LogP contribution in [0.4, 0.5) is 5.82 Å². The van der Waals surface area contributed by atoms with Crippen LogP contribution in [0.1, 0.15) is 43.0 Å². The highest BCUT2D eigenvalue weighted by Crippen LogP contribution is 2.35. The van der Waals surface area contributed by atoms with E-state index in [-0.39, 0.29) is 15.7 Å². The van der Waals surface area contributed by atoms with Crippen LogP contribution in [0, 0.1) is 20.8 Å². The Labute approximate surface area is 167 Å². The van der Waals surface area contributed by atoms with Gasteiger partial charge in [0.1, 0.15) is 10.7 Å². The van der Waals surface area contributed by atoms with Crippen LogP contribution in [0.15, 0.2) is 34.1 Å². The summed E-state index contributed by atoms with van der Waals surface area (Å²) in [6.45, 7) is 8.43. The van der Waals surface area contributed by atoms with Crippen LogP contribution in [0.5, 0.6) is 0 Å². The van der Waals surface area contributed by atoms with E-state index in [1.807, 2.05) is 25.3 Å². The monoisotopic (exact) mass is 406 g/mol. The summed E-state index contributed by atoms with van der Waals surface area (Å²) in [6, 6.07) is 6.76. The molecule has 6 nitrogen and oxygen atoms in total. The van der Waals surface area contributed by atoms with Crippen molar-refractivity contribution >= 4 is 21.6 Å². The third kappa shape index (κ3) is 4.64. The first kappa shape index (κ1) is 22.2. The summed E-state index contributed by atoms with van der Waals surface area (Å²) in [5.74, 6) is 0.145. The van der Waals surface area contributed by atoms with Gasteiger partial charge in [0.15, 0.2) is 0 Å². The van der Waals surface area contributed by atoms with Crippen molar-refractivity contribution in [1.29, 1.82) is 0 Å². The number of methoxy groups -OCH3 is 1. The molecule has 1 N–H and O–H groups in total. The maximum Gasteiger partial charge on any atom is 0.225 e. The SMILES string of the molecule is CCCCC(=O)Nc1c(S(=O)(=O)c2ccc(C)cc2)c(C)c(C)n1CCOC. The summed E-state index contributed by atoms with van der Waals surface area (Å²) in [4.78, 5) is 12.8. The Hall–Kier alpha value is -2.12. The number of sulfone groups is 1. The quantitative estimate of drug-likeness (QED) is 0.682. The number of nitrogens with zero attached hydrogens (tertiary/aromatic N) is 1. The Morgan fingerprint density at radius 3 is 2.36 bits per heavy atom. The number of hydrogen-bond donors (Lipinski definition) is 1. The lowest BCUT2D eigenvalue weighted by molar-refractivity contribution is -0.116. The first-order valence-corrected chi connectivity index (χ1v) is 11.0. The Balaban J connectivity index is 2.61. The molecule has 0 aliphatic rings. The highest BCUT2D eigenvalue weighted by Gasteiger charge is 2.30. The molecule has 2 aromatic rings. The second kappa shape index (κ2) is 9.39. The van der Waals surface area contributed by atoms with Gasteiger partial charge in [0.05, 0.1) is 11.5 Å². The molecular weight excluding hydrogens is 376 g/mol. The van der Waals surface area contributed by atoms with E-state index in [4.69, 9.17) is 4.74 Å². The molecule has 0 saturated carbocycles. The van der Waals surface area contributed by atoms with Crippen molar-refractivity contribution in [1.82, 2.24) is 4.57 Å². The Bertz CT molecular complexity index is 928. The fourth-order valence-electron chi connectivity index (χ4n) is 3.12. The first-order valence-electron chi connectivity index (χ1n) is 9.54. The highest BCUT2D eigenvalue weighted by molar-refractivity contribution is 7.91. The summed E-state index contributed by atoms with van der Waals surface area (Å²) in [6.07, 6.45) is 2.00. The van der Waals surface area contributed by atoms with E-state index < -0.39 is 9.84 Å². The largest absolute Gasteiger partial charge is 0.383 e. The average molecular weight is 407 g/mol. The zero-order valence-electron chi connectivity index (χ0n) is 17.3. The van der Waals surface area contributed by atoms with Crippen LogP contribution in [0.3, 0.4) is 0 Å². The number of anilines is 1. The van der Waals surface area contributed by atoms with Crippen LogP contribution in [-0.4, -0.2) is 32.6 Å². The number of unbranched alkanes of at least 4 members (excludes halogenated alkanes) is 1. The molecule has 0 saturated heterocycles. The van der Waals surface area contributed by atoms with E-state index in [0.717, 1.165) is 24.1 Å². The van der Waals surface area contributed by atoms with E-state index in [1.54, 1.807) is 38.3 Å². The molecule has 0 bridgehead atoms. The minimum atomic E-state index is -3.79. The first-order chi connectivity index (χ1) is 13.2. The van der Waals surface area contributed by atoms with Gasteiger partial charge in [0, 0.05) is 25.8 Å². The number of hydrogen-bond acceptors (Lipinski definition) is 4. The second-order valence-electron chi connectivity index (χ2n) is 7.00. The Morgan fingerprint density at radius 1 is 1.14 bits per heavy atom. The molecule has 0 atom stereocenters. The fraction of sp³-hybridized carbons (Fsp3) is 0.476. The van der Waals surface area contributed by atoms with Gasteiger partial charge in [-0.1, -0.05) is 31.0 Å². The van der Waals surface area contributed by atoms with Crippen molar-refractivity contribution in [3.8, 4) is 0 Å². The number of amides is 1. The summed E-state index contributed by atoms with van der Waals surface area (Å²) in [5, 5.41) is 2.86. The number of carbonyl (C=O) groups excluding carboxylic acids is 1. The second-order valence-corrected chi connectivity index (χ2v) is 8.89. The molecule has 1 heterocycles. The number of rotatable bonds is 9. The van der Waals surface area contributed by atoms with Gasteiger partial charge in [0.25, 0.3) is 0 Å². The molecule has 0 fully saturated rings. The number of carbonyl (C=O) groups is 1. The minimum Gasteiger partial charge on any atom is -0.383 e. The van der Waals surface area contributed by atoms with Gasteiger partial charge in [-0.3, -0.25) is 4.79 Å². The third-order valence-corrected chi connectivity index (χ3v) is 6.84. The van der Waals surface area contributed by atoms with Crippen molar-refractivity contribution in [3.05, 3.63) is 41.1 Å². The van der Waals surface area contributed by atoms with Crippen molar-refractivity contribution < 1.29 is 17.9 Å². The van der Waals surface area contributed by atoms with Crippen molar-refractivity contribution in [3.63, 3.8) is 0 Å². The minimum absolute atomic E-state index is 0.162. The van der Waals surface area contributed by atoms with Gasteiger partial charge in [-0.25, -0.2) is 8.42 Å². The maximum absolute atomic E-state index is 13.4. The maximum atomic E-state index is 13.4. The van der Waals surface area contributed by atoms with Gasteiger partial charge in [-0.05, 0) is 44.9 Å². The molecule has 7 heteroatoms. The lowest BCUT2D eigenvalue weighted by Gasteiger charge is -2.14. The average Bonchev–Trinajstić information content (AvgIpc) is 2.89. The van der Waals surface area contributed by atoms with Crippen LogP contribution in [-0.2, 0) is 25.9 Å². The smallest absolute Gasteiger partial charge is 0.225 e. The van der Waals surface area contributed by atoms with Gasteiger partial charge in [-0.15, -0.1) is 0 Å². The summed E-state index contributed by atoms with van der Waals surface area (Å²) >= 11 is 0.